The molecule has 3 nitrogen and oxygen atoms in total. The Morgan fingerprint density at radius 3 is 2.35 bits per heavy atom. The number of rotatable bonds is 5. The summed E-state index contributed by atoms with van der Waals surface area (Å²) in [5.74, 6) is 1.72. The Bertz CT molecular complexity index is 391. The van der Waals surface area contributed by atoms with Crippen molar-refractivity contribution in [2.75, 3.05) is 20.8 Å². The van der Waals surface area contributed by atoms with Crippen LogP contribution in [0.3, 0.4) is 0 Å². The van der Waals surface area contributed by atoms with Crippen molar-refractivity contribution in [3.05, 3.63) is 17.7 Å². The van der Waals surface area contributed by atoms with Gasteiger partial charge >= 0.3 is 0 Å². The molecule has 0 aliphatic rings. The van der Waals surface area contributed by atoms with E-state index in [4.69, 9.17) is 15.2 Å². The molecule has 1 aromatic carbocycles. The van der Waals surface area contributed by atoms with Gasteiger partial charge in [0, 0.05) is 16.9 Å². The molecule has 0 amide bonds. The summed E-state index contributed by atoms with van der Waals surface area (Å²) in [6.45, 7) is 6.86. The number of hydrogen-bond donors (Lipinski definition) is 1. The normalized spacial score (nSPS) is 11.4. The van der Waals surface area contributed by atoms with Gasteiger partial charge in [0.25, 0.3) is 0 Å². The van der Waals surface area contributed by atoms with Gasteiger partial charge in [-0.1, -0.05) is 0 Å². The average molecular weight is 255 g/mol. The molecule has 0 aromatic heterocycles. The van der Waals surface area contributed by atoms with Crippen LogP contribution in [0.5, 0.6) is 11.5 Å². The van der Waals surface area contributed by atoms with Crippen molar-refractivity contribution in [1.82, 2.24) is 0 Å². The lowest BCUT2D eigenvalue weighted by Gasteiger charge is -2.23. The van der Waals surface area contributed by atoms with Crippen molar-refractivity contribution in [2.45, 2.75) is 30.4 Å². The van der Waals surface area contributed by atoms with Gasteiger partial charge in [-0.2, -0.15) is 0 Å². The van der Waals surface area contributed by atoms with E-state index in [1.54, 1.807) is 26.0 Å². The smallest absolute Gasteiger partial charge is 0.139 e. The molecule has 4 heteroatoms. The number of methoxy groups -OCH3 is 2. The highest BCUT2D eigenvalue weighted by molar-refractivity contribution is 8.00. The van der Waals surface area contributed by atoms with Crippen molar-refractivity contribution in [1.29, 1.82) is 0 Å². The lowest BCUT2D eigenvalue weighted by Crippen LogP contribution is -2.26. The van der Waals surface area contributed by atoms with Gasteiger partial charge in [0.1, 0.15) is 11.5 Å². The third-order valence-electron chi connectivity index (χ3n) is 2.62. The first-order valence-corrected chi connectivity index (χ1v) is 6.37. The Hall–Kier alpha value is -0.870. The Morgan fingerprint density at radius 2 is 1.88 bits per heavy atom. The second-order valence-corrected chi connectivity index (χ2v) is 6.24. The molecule has 17 heavy (non-hydrogen) atoms. The van der Waals surface area contributed by atoms with E-state index in [0.717, 1.165) is 22.0 Å². The van der Waals surface area contributed by atoms with Gasteiger partial charge in [0.05, 0.1) is 19.1 Å². The van der Waals surface area contributed by atoms with Gasteiger partial charge in [-0.25, -0.2) is 0 Å². The molecule has 0 bridgehead atoms. The van der Waals surface area contributed by atoms with E-state index in [9.17, 15) is 0 Å². The number of thioether (sulfide) groups is 1. The van der Waals surface area contributed by atoms with Gasteiger partial charge in [-0.05, 0) is 32.9 Å². The van der Waals surface area contributed by atoms with Crippen LogP contribution in [-0.4, -0.2) is 25.5 Å². The van der Waals surface area contributed by atoms with Crippen molar-refractivity contribution < 1.29 is 9.47 Å². The highest BCUT2D eigenvalue weighted by Gasteiger charge is 2.21. The molecule has 0 aliphatic carbocycles. The van der Waals surface area contributed by atoms with Crippen molar-refractivity contribution in [3.8, 4) is 11.5 Å². The maximum atomic E-state index is 5.75. The van der Waals surface area contributed by atoms with E-state index in [0.29, 0.717) is 6.54 Å². The minimum absolute atomic E-state index is 0.00565. The molecular formula is C13H21NO2S. The van der Waals surface area contributed by atoms with Crippen LogP contribution in [-0.2, 0) is 0 Å². The molecule has 0 atom stereocenters. The molecule has 0 saturated carbocycles. The molecule has 0 saturated heterocycles. The lowest BCUT2D eigenvalue weighted by atomic mass is 10.2. The number of hydrogen-bond acceptors (Lipinski definition) is 4. The van der Waals surface area contributed by atoms with Crippen LogP contribution in [0.2, 0.25) is 0 Å². The highest BCUT2D eigenvalue weighted by Crippen LogP contribution is 2.42. The van der Waals surface area contributed by atoms with Gasteiger partial charge in [0.2, 0.25) is 0 Å². The Kier molecular flexibility index (Phi) is 4.71. The van der Waals surface area contributed by atoms with E-state index in [1.165, 1.54) is 0 Å². The van der Waals surface area contributed by atoms with Gasteiger partial charge in [-0.15, -0.1) is 11.8 Å². The number of nitrogens with two attached hydrogens (primary N) is 1. The van der Waals surface area contributed by atoms with E-state index in [1.807, 2.05) is 19.1 Å². The van der Waals surface area contributed by atoms with Gasteiger partial charge in [0.15, 0.2) is 0 Å². The van der Waals surface area contributed by atoms with Crippen LogP contribution in [0.4, 0.5) is 0 Å². The zero-order valence-corrected chi connectivity index (χ0v) is 12.0. The molecule has 0 unspecified atom stereocenters. The molecule has 2 N–H and O–H groups in total. The molecule has 0 aliphatic heterocycles. The zero-order chi connectivity index (χ0) is 13.1. The Morgan fingerprint density at radius 1 is 1.24 bits per heavy atom. The van der Waals surface area contributed by atoms with Crippen molar-refractivity contribution >= 4 is 11.8 Å². The monoisotopic (exact) mass is 255 g/mol. The second-order valence-electron chi connectivity index (χ2n) is 4.49. The zero-order valence-electron chi connectivity index (χ0n) is 11.2. The summed E-state index contributed by atoms with van der Waals surface area (Å²) in [6, 6.07) is 3.99. The topological polar surface area (TPSA) is 44.5 Å². The van der Waals surface area contributed by atoms with E-state index in [-0.39, 0.29) is 4.75 Å². The fraction of sp³-hybridized carbons (Fsp3) is 0.538. The molecular weight excluding hydrogens is 234 g/mol. The second kappa shape index (κ2) is 5.65. The fourth-order valence-electron chi connectivity index (χ4n) is 1.54. The van der Waals surface area contributed by atoms with E-state index in [2.05, 4.69) is 13.8 Å². The number of ether oxygens (including phenoxy) is 2. The minimum atomic E-state index is -0.00565. The third-order valence-corrected chi connectivity index (χ3v) is 3.88. The first-order chi connectivity index (χ1) is 7.95. The molecule has 0 radical (unpaired) electrons. The average Bonchev–Trinajstić information content (AvgIpc) is 2.29. The standard InChI is InChI=1S/C13H21NO2S/c1-9-10(15-4)6-7-11(12(9)16-5)17-13(2,3)8-14/h6-7H,8,14H2,1-5H3. The van der Waals surface area contributed by atoms with Crippen LogP contribution >= 0.6 is 11.8 Å². The molecule has 96 valence electrons. The minimum Gasteiger partial charge on any atom is -0.496 e. The maximum absolute atomic E-state index is 5.75. The SMILES string of the molecule is COc1ccc(SC(C)(C)CN)c(OC)c1C. The van der Waals surface area contributed by atoms with Crippen molar-refractivity contribution in [3.63, 3.8) is 0 Å². The predicted octanol–water partition coefficient (Wildman–Crippen LogP) is 2.84. The summed E-state index contributed by atoms with van der Waals surface area (Å²) in [7, 11) is 3.35. The van der Waals surface area contributed by atoms with Gasteiger partial charge in [-0.3, -0.25) is 0 Å². The molecule has 0 heterocycles. The largest absolute Gasteiger partial charge is 0.496 e. The fourth-order valence-corrected chi connectivity index (χ4v) is 2.69. The van der Waals surface area contributed by atoms with Crippen molar-refractivity contribution in [2.24, 2.45) is 5.73 Å². The Labute approximate surface area is 108 Å². The first-order valence-electron chi connectivity index (χ1n) is 5.56. The van der Waals surface area contributed by atoms with Crippen LogP contribution in [0, 0.1) is 6.92 Å². The maximum Gasteiger partial charge on any atom is 0.139 e. The summed E-state index contributed by atoms with van der Waals surface area (Å²) in [4.78, 5) is 1.10. The van der Waals surface area contributed by atoms with Crippen LogP contribution < -0.4 is 15.2 Å². The first kappa shape index (κ1) is 14.2. The summed E-state index contributed by atoms with van der Waals surface area (Å²) < 4.78 is 10.7. The molecule has 1 rings (SSSR count). The number of benzene rings is 1. The van der Waals surface area contributed by atoms with Crippen LogP contribution in [0.25, 0.3) is 0 Å². The third kappa shape index (κ3) is 3.30. The summed E-state index contributed by atoms with van der Waals surface area (Å²) >= 11 is 1.72. The summed E-state index contributed by atoms with van der Waals surface area (Å²) in [5, 5.41) is 0. The summed E-state index contributed by atoms with van der Waals surface area (Å²) in [5.41, 5.74) is 6.77. The quantitative estimate of drug-likeness (QED) is 0.822. The van der Waals surface area contributed by atoms with Crippen LogP contribution in [0.1, 0.15) is 19.4 Å². The predicted molar refractivity (Wildman–Crippen MR) is 73.3 cm³/mol. The highest BCUT2D eigenvalue weighted by atomic mass is 32.2. The summed E-state index contributed by atoms with van der Waals surface area (Å²) in [6.07, 6.45) is 0. The molecule has 1 aromatic rings. The van der Waals surface area contributed by atoms with E-state index >= 15 is 0 Å². The molecule has 0 spiro atoms. The Balaban J connectivity index is 3.13. The van der Waals surface area contributed by atoms with E-state index < -0.39 is 0 Å². The van der Waals surface area contributed by atoms with Crippen LogP contribution in [0.15, 0.2) is 17.0 Å². The lowest BCUT2D eigenvalue weighted by molar-refractivity contribution is 0.381. The van der Waals surface area contributed by atoms with Gasteiger partial charge < -0.3 is 15.2 Å². The molecule has 0 fully saturated rings.